The Morgan fingerprint density at radius 3 is 1.27 bits per heavy atom. The van der Waals surface area contributed by atoms with Crippen molar-refractivity contribution in [3.05, 3.63) is 122 Å². The first-order valence-electron chi connectivity index (χ1n) is 25.1. The molecule has 0 rings (SSSR count). The summed E-state index contributed by atoms with van der Waals surface area (Å²) in [6.45, 7) is 6.25. The van der Waals surface area contributed by atoms with Crippen LogP contribution < -0.4 is 0 Å². The van der Waals surface area contributed by atoms with E-state index in [-0.39, 0.29) is 44.0 Å². The van der Waals surface area contributed by atoms with E-state index in [1.54, 1.807) is 0 Å². The maximum atomic E-state index is 12.8. The van der Waals surface area contributed by atoms with E-state index in [4.69, 9.17) is 14.2 Å². The molecule has 1 unspecified atom stereocenters. The van der Waals surface area contributed by atoms with E-state index in [1.807, 2.05) is 42.5 Å². The monoisotopic (exact) mass is 871 g/mol. The van der Waals surface area contributed by atoms with Crippen LogP contribution in [0.5, 0.6) is 0 Å². The van der Waals surface area contributed by atoms with Crippen molar-refractivity contribution in [2.45, 2.75) is 207 Å². The highest BCUT2D eigenvalue weighted by Gasteiger charge is 2.19. The quantitative estimate of drug-likeness (QED) is 0.0200. The van der Waals surface area contributed by atoms with Gasteiger partial charge in [-0.25, -0.2) is 0 Å². The largest absolute Gasteiger partial charge is 0.462 e. The molecule has 0 radical (unpaired) electrons. The number of carbonyl (C=O) groups is 3. The van der Waals surface area contributed by atoms with E-state index in [1.165, 1.54) is 51.4 Å². The fourth-order valence-corrected chi connectivity index (χ4v) is 6.32. The Hall–Kier alpha value is -4.19. The average Bonchev–Trinajstić information content (AvgIpc) is 3.28. The van der Waals surface area contributed by atoms with Crippen molar-refractivity contribution in [2.24, 2.45) is 0 Å². The zero-order chi connectivity index (χ0) is 45.8. The molecule has 0 aromatic carbocycles. The molecule has 0 amide bonds. The van der Waals surface area contributed by atoms with Crippen LogP contribution in [-0.4, -0.2) is 37.2 Å². The van der Waals surface area contributed by atoms with Gasteiger partial charge in [0.25, 0.3) is 0 Å². The second-order valence-corrected chi connectivity index (χ2v) is 16.0. The molecule has 0 heterocycles. The summed E-state index contributed by atoms with van der Waals surface area (Å²) in [7, 11) is 0. The molecule has 0 aromatic heterocycles. The standard InChI is InChI=1S/C57H90O6/c1-4-7-10-13-16-19-22-25-26-27-28-29-30-33-35-38-41-44-47-50-56(59)62-53-54(63-57(60)51-48-45-42-39-36-32-24-21-18-15-12-9-6-3)52-61-55(58)49-46-43-40-37-34-31-23-20-17-14-11-8-5-2/h7,9-10,12,15-16,18-19,21,24-26,28-29,31-32,34,36,40,43,54H,4-6,8,11,13-14,17,20,22-23,27,30,33,35,37-39,41-42,44-53H2,1-3H3/b10-7+,12-9+,18-15+,19-16+,24-21+,26-25+,29-28+,34-31+,36-32+,43-40+. The number of ether oxygens (including phenoxy) is 3. The molecule has 354 valence electrons. The van der Waals surface area contributed by atoms with Gasteiger partial charge in [-0.3, -0.25) is 14.4 Å². The van der Waals surface area contributed by atoms with Gasteiger partial charge in [0.1, 0.15) is 13.2 Å². The molecule has 0 aliphatic rings. The highest BCUT2D eigenvalue weighted by atomic mass is 16.6. The van der Waals surface area contributed by atoms with Crippen molar-refractivity contribution in [3.63, 3.8) is 0 Å². The number of esters is 3. The summed E-state index contributed by atoms with van der Waals surface area (Å²) >= 11 is 0. The number of carbonyl (C=O) groups excluding carboxylic acids is 3. The molecule has 0 spiro atoms. The van der Waals surface area contributed by atoms with Crippen LogP contribution in [0.1, 0.15) is 201 Å². The van der Waals surface area contributed by atoms with Gasteiger partial charge in [-0.15, -0.1) is 0 Å². The number of unbranched alkanes of at least 4 members (excludes halogenated alkanes) is 15. The Labute approximate surface area is 386 Å². The number of hydrogen-bond acceptors (Lipinski definition) is 6. The zero-order valence-electron chi connectivity index (χ0n) is 40.3. The van der Waals surface area contributed by atoms with Gasteiger partial charge in [0.15, 0.2) is 6.10 Å². The summed E-state index contributed by atoms with van der Waals surface area (Å²) in [5.41, 5.74) is 0. The third kappa shape index (κ3) is 48.7. The topological polar surface area (TPSA) is 78.9 Å². The minimum atomic E-state index is -0.829. The average molecular weight is 871 g/mol. The molecule has 0 fully saturated rings. The van der Waals surface area contributed by atoms with Crippen molar-refractivity contribution in [2.75, 3.05) is 13.2 Å². The second kappa shape index (κ2) is 50.5. The molecule has 0 aliphatic heterocycles. The van der Waals surface area contributed by atoms with Gasteiger partial charge >= 0.3 is 17.9 Å². The van der Waals surface area contributed by atoms with Crippen LogP contribution in [0.3, 0.4) is 0 Å². The lowest BCUT2D eigenvalue weighted by Crippen LogP contribution is -2.30. The normalized spacial score (nSPS) is 13.1. The van der Waals surface area contributed by atoms with E-state index >= 15 is 0 Å². The third-order valence-electron chi connectivity index (χ3n) is 10.0. The molecular weight excluding hydrogens is 781 g/mol. The fraction of sp³-hybridized carbons (Fsp3) is 0.596. The van der Waals surface area contributed by atoms with Crippen molar-refractivity contribution < 1.29 is 28.6 Å². The van der Waals surface area contributed by atoms with Crippen LogP contribution in [0.25, 0.3) is 0 Å². The number of allylic oxidation sites excluding steroid dienone is 20. The molecular formula is C57H90O6. The zero-order valence-corrected chi connectivity index (χ0v) is 40.3. The van der Waals surface area contributed by atoms with Crippen molar-refractivity contribution in [3.8, 4) is 0 Å². The lowest BCUT2D eigenvalue weighted by molar-refractivity contribution is -0.166. The van der Waals surface area contributed by atoms with Gasteiger partial charge in [0, 0.05) is 19.3 Å². The highest BCUT2D eigenvalue weighted by Crippen LogP contribution is 2.12. The van der Waals surface area contributed by atoms with Crippen molar-refractivity contribution >= 4 is 17.9 Å². The maximum absolute atomic E-state index is 12.8. The van der Waals surface area contributed by atoms with E-state index in [0.29, 0.717) is 19.3 Å². The third-order valence-corrected chi connectivity index (χ3v) is 10.0. The van der Waals surface area contributed by atoms with Gasteiger partial charge in [-0.2, -0.15) is 0 Å². The van der Waals surface area contributed by atoms with E-state index in [2.05, 4.69) is 99.8 Å². The first-order valence-corrected chi connectivity index (χ1v) is 25.1. The second-order valence-electron chi connectivity index (χ2n) is 16.0. The van der Waals surface area contributed by atoms with E-state index in [0.717, 1.165) is 96.3 Å². The van der Waals surface area contributed by atoms with Crippen LogP contribution in [0.15, 0.2) is 122 Å². The molecule has 6 heteroatoms. The molecule has 0 aromatic rings. The smallest absolute Gasteiger partial charge is 0.306 e. The summed E-state index contributed by atoms with van der Waals surface area (Å²) in [5, 5.41) is 0. The molecule has 0 N–H and O–H groups in total. The molecule has 0 saturated carbocycles. The number of rotatable bonds is 43. The first-order chi connectivity index (χ1) is 31.0. The molecule has 6 nitrogen and oxygen atoms in total. The fourth-order valence-electron chi connectivity index (χ4n) is 6.32. The van der Waals surface area contributed by atoms with Crippen molar-refractivity contribution in [1.82, 2.24) is 0 Å². The lowest BCUT2D eigenvalue weighted by Gasteiger charge is -2.18. The van der Waals surface area contributed by atoms with Crippen LogP contribution in [0.2, 0.25) is 0 Å². The Morgan fingerprint density at radius 2 is 0.730 bits per heavy atom. The van der Waals surface area contributed by atoms with Gasteiger partial charge in [0.2, 0.25) is 0 Å². The Kier molecular flexibility index (Phi) is 47.1. The summed E-state index contributed by atoms with van der Waals surface area (Å²) in [6.07, 6.45) is 69.1. The molecule has 0 aliphatic carbocycles. The lowest BCUT2D eigenvalue weighted by atomic mass is 10.1. The van der Waals surface area contributed by atoms with E-state index in [9.17, 15) is 14.4 Å². The first kappa shape index (κ1) is 58.8. The molecule has 1 atom stereocenters. The number of hydrogen-bond donors (Lipinski definition) is 0. The maximum Gasteiger partial charge on any atom is 0.306 e. The van der Waals surface area contributed by atoms with Gasteiger partial charge in [-0.1, -0.05) is 206 Å². The Balaban J connectivity index is 4.52. The summed E-state index contributed by atoms with van der Waals surface area (Å²) < 4.78 is 16.7. The predicted octanol–water partition coefficient (Wildman–Crippen LogP) is 16.5. The SMILES string of the molecule is CC/C=C/C=C/C=C/C=C/CCCCCC(=O)OC(COC(=O)CC/C=C/C/C=C/CCCCCCCC)COC(=O)CCCCCCCC/C=C/C/C=C/C/C=C/C/C=C/CC. The minimum absolute atomic E-state index is 0.122. The minimum Gasteiger partial charge on any atom is -0.462 e. The Morgan fingerprint density at radius 1 is 0.349 bits per heavy atom. The highest BCUT2D eigenvalue weighted by molar-refractivity contribution is 5.71. The van der Waals surface area contributed by atoms with Gasteiger partial charge in [0.05, 0.1) is 0 Å². The summed E-state index contributed by atoms with van der Waals surface area (Å²) in [6, 6.07) is 0. The van der Waals surface area contributed by atoms with Crippen LogP contribution in [0.4, 0.5) is 0 Å². The Bertz CT molecular complexity index is 1370. The summed E-state index contributed by atoms with van der Waals surface area (Å²) in [5.74, 6) is -1.06. The van der Waals surface area contributed by atoms with Crippen molar-refractivity contribution in [1.29, 1.82) is 0 Å². The van der Waals surface area contributed by atoms with Gasteiger partial charge in [-0.05, 0) is 96.3 Å². The molecule has 0 bridgehead atoms. The van der Waals surface area contributed by atoms with Gasteiger partial charge < -0.3 is 14.2 Å². The summed E-state index contributed by atoms with van der Waals surface area (Å²) in [4.78, 5) is 37.9. The predicted molar refractivity (Wildman–Crippen MR) is 269 cm³/mol. The van der Waals surface area contributed by atoms with Crippen LogP contribution in [-0.2, 0) is 28.6 Å². The molecule has 63 heavy (non-hydrogen) atoms. The van der Waals surface area contributed by atoms with Crippen LogP contribution >= 0.6 is 0 Å². The molecule has 0 saturated heterocycles. The van der Waals surface area contributed by atoms with E-state index < -0.39 is 6.10 Å². The van der Waals surface area contributed by atoms with Crippen LogP contribution in [0, 0.1) is 0 Å².